The number of ether oxygens (including phenoxy) is 7. The number of hydrogen-bond donors (Lipinski definition) is 0. The third-order valence-electron chi connectivity index (χ3n) is 7.27. The lowest BCUT2D eigenvalue weighted by molar-refractivity contribution is -0.142. The number of carbonyl (C=O) groups excluding carboxylic acids is 3. The maximum atomic E-state index is 14.4. The van der Waals surface area contributed by atoms with Crippen LogP contribution in [-0.4, -0.2) is 71.1 Å². The number of nitrogens with zero attached hydrogens (tertiary/aromatic N) is 1. The zero-order valence-corrected chi connectivity index (χ0v) is 24.4. The second kappa shape index (κ2) is 11.6. The van der Waals surface area contributed by atoms with E-state index >= 15 is 0 Å². The van der Waals surface area contributed by atoms with Crippen LogP contribution in [0.3, 0.4) is 0 Å². The molecule has 2 heterocycles. The Morgan fingerprint density at radius 1 is 0.854 bits per heavy atom. The molecule has 2 aromatic carbocycles. The molecule has 3 atom stereocenters. The van der Waals surface area contributed by atoms with Crippen LogP contribution < -0.4 is 18.9 Å². The first-order valence-electron chi connectivity index (χ1n) is 12.9. The number of esters is 1. The first-order valence-corrected chi connectivity index (χ1v) is 12.9. The van der Waals surface area contributed by atoms with Gasteiger partial charge in [0.1, 0.15) is 24.4 Å². The van der Waals surface area contributed by atoms with Gasteiger partial charge in [0.05, 0.1) is 47.2 Å². The highest BCUT2D eigenvalue weighted by Crippen LogP contribution is 2.49. The van der Waals surface area contributed by atoms with Crippen molar-refractivity contribution in [2.24, 2.45) is 11.3 Å². The summed E-state index contributed by atoms with van der Waals surface area (Å²) in [6.07, 6.45) is -1.82. The minimum absolute atomic E-state index is 0.0302. The molecule has 2 aliphatic rings. The van der Waals surface area contributed by atoms with E-state index in [1.807, 2.05) is 20.8 Å². The summed E-state index contributed by atoms with van der Waals surface area (Å²) in [5, 5.41) is 0. The van der Waals surface area contributed by atoms with Gasteiger partial charge in [-0.3, -0.25) is 4.79 Å². The Labute approximate surface area is 238 Å². The highest BCUT2D eigenvalue weighted by Gasteiger charge is 2.53. The van der Waals surface area contributed by atoms with Gasteiger partial charge in [0.15, 0.2) is 23.0 Å². The Balaban J connectivity index is 1.94. The van der Waals surface area contributed by atoms with Crippen LogP contribution in [0.5, 0.6) is 23.0 Å². The number of rotatable bonds is 8. The summed E-state index contributed by atoms with van der Waals surface area (Å²) in [6.45, 7) is 5.75. The van der Waals surface area contributed by atoms with Crippen LogP contribution in [0.1, 0.15) is 38.0 Å². The van der Waals surface area contributed by atoms with E-state index < -0.39 is 41.4 Å². The second-order valence-electron chi connectivity index (χ2n) is 10.6. The predicted octanol–water partition coefficient (Wildman–Crippen LogP) is 4.39. The summed E-state index contributed by atoms with van der Waals surface area (Å²) in [4.78, 5) is 41.9. The zero-order chi connectivity index (χ0) is 30.1. The summed E-state index contributed by atoms with van der Waals surface area (Å²) in [6, 6.07) is 9.46. The molecule has 2 amide bonds. The average Bonchev–Trinajstić information content (AvgIpc) is 3.57. The van der Waals surface area contributed by atoms with Gasteiger partial charge in [-0.1, -0.05) is 26.8 Å². The van der Waals surface area contributed by atoms with Crippen LogP contribution in [0, 0.1) is 11.3 Å². The third kappa shape index (κ3) is 5.36. The Hall–Kier alpha value is -4.41. The van der Waals surface area contributed by atoms with Crippen LogP contribution in [0.2, 0.25) is 0 Å². The Morgan fingerprint density at radius 3 is 2.00 bits per heavy atom. The molecule has 0 N–H and O–H groups in total. The van der Waals surface area contributed by atoms with E-state index in [9.17, 15) is 14.4 Å². The number of imide groups is 1. The molecule has 0 spiro atoms. The first-order chi connectivity index (χ1) is 19.5. The van der Waals surface area contributed by atoms with Gasteiger partial charge in [0.25, 0.3) is 0 Å². The number of cyclic esters (lactones) is 1. The normalized spacial score (nSPS) is 20.3. The zero-order valence-electron chi connectivity index (χ0n) is 24.4. The largest absolute Gasteiger partial charge is 0.493 e. The molecule has 0 unspecified atom stereocenters. The van der Waals surface area contributed by atoms with Crippen LogP contribution in [0.15, 0.2) is 42.0 Å². The van der Waals surface area contributed by atoms with Crippen molar-refractivity contribution in [3.8, 4) is 23.0 Å². The number of carbonyl (C=O) groups is 3. The van der Waals surface area contributed by atoms with Gasteiger partial charge < -0.3 is 33.2 Å². The average molecular weight is 570 g/mol. The fourth-order valence-electron chi connectivity index (χ4n) is 5.08. The number of amides is 2. The van der Waals surface area contributed by atoms with Gasteiger partial charge in [-0.05, 0) is 41.3 Å². The molecular weight excluding hydrogens is 534 g/mol. The van der Waals surface area contributed by atoms with Crippen molar-refractivity contribution in [1.82, 2.24) is 4.90 Å². The molecule has 220 valence electrons. The van der Waals surface area contributed by atoms with Gasteiger partial charge in [0.2, 0.25) is 5.91 Å². The fourth-order valence-corrected chi connectivity index (χ4v) is 5.08. The van der Waals surface area contributed by atoms with Crippen molar-refractivity contribution in [3.05, 3.63) is 53.1 Å². The number of hydrogen-bond acceptors (Lipinski definition) is 10. The van der Waals surface area contributed by atoms with E-state index in [-0.39, 0.29) is 17.9 Å². The monoisotopic (exact) mass is 569 g/mol. The summed E-state index contributed by atoms with van der Waals surface area (Å²) in [5.41, 5.74) is 0.413. The molecule has 2 aliphatic heterocycles. The minimum Gasteiger partial charge on any atom is -0.493 e. The quantitative estimate of drug-likeness (QED) is 0.424. The molecule has 11 nitrogen and oxygen atoms in total. The molecule has 1 saturated heterocycles. The van der Waals surface area contributed by atoms with Crippen LogP contribution >= 0.6 is 0 Å². The standard InChI is InChI=1S/C30H35NO10/c1-30(2,3)22-15-40-29(34)31(22)27(32)23-24(28(33)39-8)26(17-10-12-19(36-5)21(14-17)38-7)41-25(23)16-9-11-18(35-4)20(13-16)37-6/h9-14,22-23,25H,15H2,1-8H3/t22-,23-,25+/m1/s1. The Kier molecular flexibility index (Phi) is 8.37. The molecule has 0 aliphatic carbocycles. The SMILES string of the molecule is COC(=O)C1=C(c2ccc(OC)c(OC)c2)O[C@@H](c2ccc(OC)c(OC)c2)[C@@H]1C(=O)N1C(=O)OC[C@@H]1C(C)(C)C. The predicted molar refractivity (Wildman–Crippen MR) is 147 cm³/mol. The van der Waals surface area contributed by atoms with Gasteiger partial charge >= 0.3 is 12.1 Å². The van der Waals surface area contributed by atoms with Gasteiger partial charge in [-0.2, -0.15) is 0 Å². The second-order valence-corrected chi connectivity index (χ2v) is 10.6. The van der Waals surface area contributed by atoms with E-state index in [0.29, 0.717) is 34.1 Å². The van der Waals surface area contributed by atoms with Crippen molar-refractivity contribution >= 4 is 23.7 Å². The molecule has 4 rings (SSSR count). The van der Waals surface area contributed by atoms with Crippen molar-refractivity contribution in [2.75, 3.05) is 42.2 Å². The highest BCUT2D eigenvalue weighted by molar-refractivity contribution is 6.07. The molecular formula is C30H35NO10. The lowest BCUT2D eigenvalue weighted by Crippen LogP contribution is -2.49. The summed E-state index contributed by atoms with van der Waals surface area (Å²) < 4.78 is 38.6. The lowest BCUT2D eigenvalue weighted by atomic mass is 9.84. The van der Waals surface area contributed by atoms with Crippen LogP contribution in [0.25, 0.3) is 5.76 Å². The molecule has 0 bridgehead atoms. The van der Waals surface area contributed by atoms with E-state index in [1.165, 1.54) is 35.5 Å². The topological polar surface area (TPSA) is 119 Å². The van der Waals surface area contributed by atoms with Crippen LogP contribution in [-0.2, 0) is 23.8 Å². The molecule has 11 heteroatoms. The maximum absolute atomic E-state index is 14.4. The summed E-state index contributed by atoms with van der Waals surface area (Å²) in [5.74, 6) is -0.875. The number of methoxy groups -OCH3 is 5. The van der Waals surface area contributed by atoms with Gasteiger partial charge in [0, 0.05) is 5.56 Å². The van der Waals surface area contributed by atoms with E-state index in [0.717, 1.165) is 4.90 Å². The molecule has 2 aromatic rings. The van der Waals surface area contributed by atoms with Crippen molar-refractivity contribution in [3.63, 3.8) is 0 Å². The smallest absolute Gasteiger partial charge is 0.417 e. The minimum atomic E-state index is -1.26. The third-order valence-corrected chi connectivity index (χ3v) is 7.27. The highest BCUT2D eigenvalue weighted by atomic mass is 16.6. The lowest BCUT2D eigenvalue weighted by Gasteiger charge is -2.33. The Bertz CT molecular complexity index is 1380. The molecule has 0 radical (unpaired) electrons. The molecule has 0 aromatic heterocycles. The fraction of sp³-hybridized carbons (Fsp3) is 0.433. The summed E-state index contributed by atoms with van der Waals surface area (Å²) in [7, 11) is 7.20. The van der Waals surface area contributed by atoms with Crippen molar-refractivity contribution < 1.29 is 47.5 Å². The van der Waals surface area contributed by atoms with Gasteiger partial charge in [-0.15, -0.1) is 0 Å². The molecule has 41 heavy (non-hydrogen) atoms. The van der Waals surface area contributed by atoms with Crippen molar-refractivity contribution in [2.45, 2.75) is 32.9 Å². The molecule has 0 saturated carbocycles. The number of benzene rings is 2. The van der Waals surface area contributed by atoms with Crippen LogP contribution in [0.4, 0.5) is 4.79 Å². The van der Waals surface area contributed by atoms with E-state index in [2.05, 4.69) is 0 Å². The summed E-state index contributed by atoms with van der Waals surface area (Å²) >= 11 is 0. The molecule has 1 fully saturated rings. The van der Waals surface area contributed by atoms with Gasteiger partial charge in [-0.25, -0.2) is 14.5 Å². The Morgan fingerprint density at radius 2 is 1.44 bits per heavy atom. The first kappa shape index (κ1) is 29.6. The van der Waals surface area contributed by atoms with E-state index in [4.69, 9.17) is 33.2 Å². The van der Waals surface area contributed by atoms with E-state index in [1.54, 1.807) is 36.4 Å². The van der Waals surface area contributed by atoms with Crippen molar-refractivity contribution in [1.29, 1.82) is 0 Å². The maximum Gasteiger partial charge on any atom is 0.417 e.